The van der Waals surface area contributed by atoms with Crippen LogP contribution >= 0.6 is 0 Å². The van der Waals surface area contributed by atoms with Gasteiger partial charge in [-0.25, -0.2) is 4.39 Å². The lowest BCUT2D eigenvalue weighted by molar-refractivity contribution is 0.627. The van der Waals surface area contributed by atoms with Crippen LogP contribution in [0.3, 0.4) is 0 Å². The maximum Gasteiger partial charge on any atom is 0.123 e. The van der Waals surface area contributed by atoms with Gasteiger partial charge in [-0.2, -0.15) is 0 Å². The van der Waals surface area contributed by atoms with Crippen molar-refractivity contribution in [1.82, 2.24) is 4.98 Å². The fraction of sp³-hybridized carbons (Fsp3) is 0. The number of halogens is 1. The van der Waals surface area contributed by atoms with Crippen LogP contribution in [0.2, 0.25) is 0 Å². The Morgan fingerprint density at radius 1 is 1.07 bits per heavy atom. The largest absolute Gasteiger partial charge is 0.256 e. The minimum absolute atomic E-state index is 0.243. The number of aromatic nitrogens is 1. The normalized spacial score (nSPS) is 9.93. The number of benzene rings is 1. The molecule has 0 unspecified atom stereocenters. The van der Waals surface area contributed by atoms with E-state index in [1.165, 1.54) is 12.1 Å². The monoisotopic (exact) mass is 199 g/mol. The van der Waals surface area contributed by atoms with E-state index >= 15 is 0 Å². The molecule has 0 saturated carbocycles. The van der Waals surface area contributed by atoms with Crippen LogP contribution in [0.1, 0.15) is 11.3 Å². The third-order valence-electron chi connectivity index (χ3n) is 2.17. The molecule has 0 saturated heterocycles. The molecule has 0 aliphatic heterocycles. The SMILES string of the molecule is C=C(c1ccc(F)cc1)c1ccccn1. The predicted molar refractivity (Wildman–Crippen MR) is 58.8 cm³/mol. The second-order valence-electron chi connectivity index (χ2n) is 3.20. The first kappa shape index (κ1) is 9.59. The second-order valence-corrected chi connectivity index (χ2v) is 3.20. The smallest absolute Gasteiger partial charge is 0.123 e. The van der Waals surface area contributed by atoms with Crippen molar-refractivity contribution < 1.29 is 4.39 Å². The van der Waals surface area contributed by atoms with Crippen molar-refractivity contribution >= 4 is 5.57 Å². The van der Waals surface area contributed by atoms with Crippen molar-refractivity contribution in [3.8, 4) is 0 Å². The summed E-state index contributed by atoms with van der Waals surface area (Å²) >= 11 is 0. The fourth-order valence-electron chi connectivity index (χ4n) is 1.34. The number of nitrogens with zero attached hydrogens (tertiary/aromatic N) is 1. The van der Waals surface area contributed by atoms with Crippen LogP contribution in [0.4, 0.5) is 4.39 Å². The van der Waals surface area contributed by atoms with Crippen molar-refractivity contribution in [2.24, 2.45) is 0 Å². The Labute approximate surface area is 87.9 Å². The van der Waals surface area contributed by atoms with E-state index in [-0.39, 0.29) is 5.82 Å². The van der Waals surface area contributed by atoms with Crippen LogP contribution in [0.5, 0.6) is 0 Å². The van der Waals surface area contributed by atoms with Gasteiger partial charge in [0.15, 0.2) is 0 Å². The molecule has 1 heterocycles. The molecule has 2 aromatic rings. The van der Waals surface area contributed by atoms with E-state index in [4.69, 9.17) is 0 Å². The van der Waals surface area contributed by atoms with Crippen LogP contribution in [0.15, 0.2) is 55.2 Å². The summed E-state index contributed by atoms with van der Waals surface area (Å²) in [5.74, 6) is -0.243. The molecule has 0 atom stereocenters. The van der Waals surface area contributed by atoms with Gasteiger partial charge in [0.1, 0.15) is 5.82 Å². The van der Waals surface area contributed by atoms with Crippen molar-refractivity contribution in [3.05, 3.63) is 72.3 Å². The summed E-state index contributed by atoms with van der Waals surface area (Å²) in [5.41, 5.74) is 2.50. The first-order chi connectivity index (χ1) is 7.27. The molecule has 15 heavy (non-hydrogen) atoms. The highest BCUT2D eigenvalue weighted by molar-refractivity contribution is 5.75. The highest BCUT2D eigenvalue weighted by Crippen LogP contribution is 2.19. The molecule has 0 bridgehead atoms. The summed E-state index contributed by atoms with van der Waals surface area (Å²) in [6, 6.07) is 11.9. The highest BCUT2D eigenvalue weighted by Gasteiger charge is 2.02. The van der Waals surface area contributed by atoms with Crippen LogP contribution in [0, 0.1) is 5.82 Å². The van der Waals surface area contributed by atoms with Crippen LogP contribution in [-0.4, -0.2) is 4.98 Å². The molecule has 74 valence electrons. The summed E-state index contributed by atoms with van der Waals surface area (Å²) < 4.78 is 12.7. The fourth-order valence-corrected chi connectivity index (χ4v) is 1.34. The topological polar surface area (TPSA) is 12.9 Å². The molecule has 0 aliphatic carbocycles. The lowest BCUT2D eigenvalue weighted by Gasteiger charge is -2.04. The van der Waals surface area contributed by atoms with Gasteiger partial charge in [-0.3, -0.25) is 4.98 Å². The molecule has 0 fully saturated rings. The number of pyridine rings is 1. The van der Waals surface area contributed by atoms with E-state index in [2.05, 4.69) is 11.6 Å². The number of hydrogen-bond acceptors (Lipinski definition) is 1. The number of rotatable bonds is 2. The van der Waals surface area contributed by atoms with Gasteiger partial charge in [0, 0.05) is 11.8 Å². The molecule has 0 N–H and O–H groups in total. The predicted octanol–water partition coefficient (Wildman–Crippen LogP) is 3.28. The van der Waals surface area contributed by atoms with Crippen LogP contribution in [-0.2, 0) is 0 Å². The van der Waals surface area contributed by atoms with Crippen molar-refractivity contribution in [3.63, 3.8) is 0 Å². The van der Waals surface area contributed by atoms with Gasteiger partial charge in [-0.1, -0.05) is 24.8 Å². The first-order valence-electron chi connectivity index (χ1n) is 4.63. The molecular formula is C13H10FN. The first-order valence-corrected chi connectivity index (χ1v) is 4.63. The molecule has 0 aliphatic rings. The maximum absolute atomic E-state index is 12.7. The van der Waals surface area contributed by atoms with Crippen molar-refractivity contribution in [2.75, 3.05) is 0 Å². The Morgan fingerprint density at radius 2 is 1.80 bits per heavy atom. The van der Waals surface area contributed by atoms with Gasteiger partial charge in [-0.15, -0.1) is 0 Å². The Balaban J connectivity index is 2.33. The van der Waals surface area contributed by atoms with Gasteiger partial charge in [0.2, 0.25) is 0 Å². The molecule has 1 aromatic carbocycles. The molecule has 0 spiro atoms. The third-order valence-corrected chi connectivity index (χ3v) is 2.17. The lowest BCUT2D eigenvalue weighted by Crippen LogP contribution is -1.89. The van der Waals surface area contributed by atoms with E-state index in [9.17, 15) is 4.39 Å². The molecular weight excluding hydrogens is 189 g/mol. The van der Waals surface area contributed by atoms with Gasteiger partial charge in [-0.05, 0) is 29.8 Å². The molecule has 1 nitrogen and oxygen atoms in total. The summed E-state index contributed by atoms with van der Waals surface area (Å²) in [7, 11) is 0. The average molecular weight is 199 g/mol. The molecule has 0 radical (unpaired) electrons. The number of hydrogen-bond donors (Lipinski definition) is 0. The zero-order valence-electron chi connectivity index (χ0n) is 8.15. The highest BCUT2D eigenvalue weighted by atomic mass is 19.1. The second kappa shape index (κ2) is 4.05. The maximum atomic E-state index is 12.7. The Kier molecular flexibility index (Phi) is 2.59. The van der Waals surface area contributed by atoms with Gasteiger partial charge >= 0.3 is 0 Å². The zero-order valence-corrected chi connectivity index (χ0v) is 8.15. The van der Waals surface area contributed by atoms with Gasteiger partial charge in [0.05, 0.1) is 5.69 Å². The Bertz CT molecular complexity index is 460. The van der Waals surface area contributed by atoms with Crippen molar-refractivity contribution in [2.45, 2.75) is 0 Å². The summed E-state index contributed by atoms with van der Waals surface area (Å²) in [6.07, 6.45) is 1.71. The minimum atomic E-state index is -0.243. The zero-order chi connectivity index (χ0) is 10.7. The molecule has 2 rings (SSSR count). The van der Waals surface area contributed by atoms with E-state index < -0.39 is 0 Å². The van der Waals surface area contributed by atoms with Gasteiger partial charge < -0.3 is 0 Å². The van der Waals surface area contributed by atoms with Crippen LogP contribution in [0.25, 0.3) is 5.57 Å². The van der Waals surface area contributed by atoms with E-state index in [0.29, 0.717) is 0 Å². The van der Waals surface area contributed by atoms with Crippen molar-refractivity contribution in [1.29, 1.82) is 0 Å². The lowest BCUT2D eigenvalue weighted by atomic mass is 10.0. The third kappa shape index (κ3) is 2.10. The van der Waals surface area contributed by atoms with E-state index in [0.717, 1.165) is 16.8 Å². The quantitative estimate of drug-likeness (QED) is 0.723. The molecule has 2 heteroatoms. The minimum Gasteiger partial charge on any atom is -0.256 e. The Hall–Kier alpha value is -1.96. The standard InChI is InChI=1S/C13H10FN/c1-10(13-4-2-3-9-15-13)11-5-7-12(14)8-6-11/h2-9H,1H2. The van der Waals surface area contributed by atoms with Gasteiger partial charge in [0.25, 0.3) is 0 Å². The van der Waals surface area contributed by atoms with Crippen LogP contribution < -0.4 is 0 Å². The Morgan fingerprint density at radius 3 is 2.40 bits per heavy atom. The average Bonchev–Trinajstić information content (AvgIpc) is 2.30. The van der Waals surface area contributed by atoms with E-state index in [1.807, 2.05) is 18.2 Å². The molecule has 0 amide bonds. The van der Waals surface area contributed by atoms with E-state index in [1.54, 1.807) is 18.3 Å². The summed E-state index contributed by atoms with van der Waals surface area (Å²) in [6.45, 7) is 3.94. The summed E-state index contributed by atoms with van der Waals surface area (Å²) in [5, 5.41) is 0. The molecule has 1 aromatic heterocycles. The summed E-state index contributed by atoms with van der Waals surface area (Å²) in [4.78, 5) is 4.18.